The monoisotopic (exact) mass is 364 g/mol. The smallest absolute Gasteiger partial charge is 0.438 e. The van der Waals surface area contributed by atoms with Crippen molar-refractivity contribution in [2.45, 2.75) is 12.8 Å². The molecule has 1 heterocycles. The van der Waals surface area contributed by atoms with Gasteiger partial charge in [0, 0.05) is 6.07 Å². The highest BCUT2D eigenvalue weighted by molar-refractivity contribution is 5.82. The van der Waals surface area contributed by atoms with E-state index in [2.05, 4.69) is 0 Å². The molecule has 1 N–H and O–H groups in total. The first-order valence-electron chi connectivity index (χ1n) is 7.35. The van der Waals surface area contributed by atoms with Crippen molar-refractivity contribution in [2.24, 2.45) is 0 Å². The molecule has 0 saturated carbocycles. The molecule has 0 saturated heterocycles. The SMILES string of the molecule is O=c1c([N+](=O)[O-])c(C(F)(F)F)[nH]c2cc(OCc3ccccc3)ccc12. The van der Waals surface area contributed by atoms with Crippen molar-refractivity contribution in [1.29, 1.82) is 0 Å². The Hall–Kier alpha value is -3.36. The van der Waals surface area contributed by atoms with Gasteiger partial charge in [-0.15, -0.1) is 0 Å². The molecule has 0 radical (unpaired) electrons. The molecule has 3 aromatic rings. The number of aromatic amines is 1. The Labute approximate surface area is 144 Å². The molecule has 0 bridgehead atoms. The number of halogens is 3. The number of alkyl halides is 3. The number of aromatic nitrogens is 1. The summed E-state index contributed by atoms with van der Waals surface area (Å²) >= 11 is 0. The number of fused-ring (bicyclic) bond motifs is 1. The molecule has 9 heteroatoms. The number of nitrogens with zero attached hydrogens (tertiary/aromatic N) is 1. The number of hydrogen-bond donors (Lipinski definition) is 1. The fraction of sp³-hybridized carbons (Fsp3) is 0.118. The van der Waals surface area contributed by atoms with E-state index in [4.69, 9.17) is 4.74 Å². The predicted molar refractivity (Wildman–Crippen MR) is 87.0 cm³/mol. The van der Waals surface area contributed by atoms with Crippen molar-refractivity contribution in [1.82, 2.24) is 4.98 Å². The van der Waals surface area contributed by atoms with Gasteiger partial charge in [-0.2, -0.15) is 13.2 Å². The average Bonchev–Trinajstić information content (AvgIpc) is 2.59. The molecule has 0 aliphatic rings. The summed E-state index contributed by atoms with van der Waals surface area (Å²) < 4.78 is 44.7. The van der Waals surface area contributed by atoms with Gasteiger partial charge in [0.15, 0.2) is 0 Å². The van der Waals surface area contributed by atoms with Crippen molar-refractivity contribution >= 4 is 16.6 Å². The van der Waals surface area contributed by atoms with Crippen LogP contribution in [0.25, 0.3) is 10.9 Å². The normalized spacial score (nSPS) is 11.5. The highest BCUT2D eigenvalue weighted by Crippen LogP contribution is 2.34. The van der Waals surface area contributed by atoms with Crippen molar-refractivity contribution in [2.75, 3.05) is 0 Å². The fourth-order valence-corrected chi connectivity index (χ4v) is 2.47. The predicted octanol–water partition coefficient (Wildman–Crippen LogP) is 4.03. The van der Waals surface area contributed by atoms with Crippen LogP contribution in [0.4, 0.5) is 18.9 Å². The zero-order valence-corrected chi connectivity index (χ0v) is 13.0. The molecule has 3 rings (SSSR count). The first-order valence-corrected chi connectivity index (χ1v) is 7.35. The second kappa shape index (κ2) is 6.51. The Morgan fingerprint density at radius 2 is 1.81 bits per heavy atom. The largest absolute Gasteiger partial charge is 0.489 e. The first-order chi connectivity index (χ1) is 12.3. The van der Waals surface area contributed by atoms with E-state index in [1.807, 2.05) is 35.3 Å². The van der Waals surface area contributed by atoms with E-state index in [9.17, 15) is 28.1 Å². The van der Waals surface area contributed by atoms with Crippen molar-refractivity contribution < 1.29 is 22.8 Å². The van der Waals surface area contributed by atoms with Gasteiger partial charge in [0.05, 0.1) is 15.8 Å². The molecule has 2 aromatic carbocycles. The average molecular weight is 364 g/mol. The quantitative estimate of drug-likeness (QED) is 0.559. The molecule has 6 nitrogen and oxygen atoms in total. The summed E-state index contributed by atoms with van der Waals surface area (Å²) in [7, 11) is 0. The lowest BCUT2D eigenvalue weighted by Gasteiger charge is -2.10. The highest BCUT2D eigenvalue weighted by atomic mass is 19.4. The fourth-order valence-electron chi connectivity index (χ4n) is 2.47. The van der Waals surface area contributed by atoms with Crippen molar-refractivity contribution in [3.63, 3.8) is 0 Å². The molecule has 0 atom stereocenters. The molecule has 26 heavy (non-hydrogen) atoms. The second-order valence-electron chi connectivity index (χ2n) is 5.41. The van der Waals surface area contributed by atoms with Gasteiger partial charge in [0.2, 0.25) is 5.69 Å². The van der Waals surface area contributed by atoms with Crippen LogP contribution >= 0.6 is 0 Å². The molecule has 0 fully saturated rings. The van der Waals surface area contributed by atoms with Gasteiger partial charge in [-0.1, -0.05) is 30.3 Å². The van der Waals surface area contributed by atoms with Gasteiger partial charge in [0.1, 0.15) is 12.4 Å². The highest BCUT2D eigenvalue weighted by Gasteiger charge is 2.41. The molecule has 0 aliphatic heterocycles. The first kappa shape index (κ1) is 17.5. The summed E-state index contributed by atoms with van der Waals surface area (Å²) in [4.78, 5) is 23.7. The third-order valence-corrected chi connectivity index (χ3v) is 3.66. The maximum Gasteiger partial charge on any atom is 0.438 e. The molecule has 134 valence electrons. The summed E-state index contributed by atoms with van der Waals surface area (Å²) in [5.41, 5.74) is -3.87. The van der Waals surface area contributed by atoms with Crippen LogP contribution in [0, 0.1) is 10.1 Å². The van der Waals surface area contributed by atoms with Gasteiger partial charge >= 0.3 is 11.9 Å². The molecule has 0 spiro atoms. The minimum atomic E-state index is -5.07. The molecular weight excluding hydrogens is 353 g/mol. The molecule has 1 aromatic heterocycles. The van der Waals surface area contributed by atoms with Crippen LogP contribution in [0.1, 0.15) is 11.3 Å². The van der Waals surface area contributed by atoms with Crippen LogP contribution in [0.3, 0.4) is 0 Å². The van der Waals surface area contributed by atoms with Crippen LogP contribution in [-0.2, 0) is 12.8 Å². The second-order valence-corrected chi connectivity index (χ2v) is 5.41. The lowest BCUT2D eigenvalue weighted by Crippen LogP contribution is -2.19. The number of benzene rings is 2. The lowest BCUT2D eigenvalue weighted by atomic mass is 10.1. The van der Waals surface area contributed by atoms with Crippen LogP contribution in [-0.4, -0.2) is 9.91 Å². The number of nitro groups is 1. The standard InChI is InChI=1S/C17H11F3N2O4/c18-17(19,20)16-14(22(24)25)15(23)12-7-6-11(8-13(12)21-16)26-9-10-4-2-1-3-5-10/h1-8H,9H2,(H,21,23). The van der Waals surface area contributed by atoms with Crippen LogP contribution in [0.2, 0.25) is 0 Å². The summed E-state index contributed by atoms with van der Waals surface area (Å²) in [5, 5.41) is 10.7. The third-order valence-electron chi connectivity index (χ3n) is 3.66. The Morgan fingerprint density at radius 3 is 2.42 bits per heavy atom. The molecule has 0 unspecified atom stereocenters. The minimum Gasteiger partial charge on any atom is -0.489 e. The number of rotatable bonds is 4. The topological polar surface area (TPSA) is 85.2 Å². The number of pyridine rings is 1. The van der Waals surface area contributed by atoms with E-state index < -0.39 is 27.9 Å². The van der Waals surface area contributed by atoms with E-state index in [1.54, 1.807) is 0 Å². The number of hydrogen-bond acceptors (Lipinski definition) is 4. The molecule has 0 amide bonds. The lowest BCUT2D eigenvalue weighted by molar-refractivity contribution is -0.389. The zero-order chi connectivity index (χ0) is 18.9. The van der Waals surface area contributed by atoms with E-state index in [0.29, 0.717) is 0 Å². The maximum absolute atomic E-state index is 13.1. The Kier molecular flexibility index (Phi) is 4.37. The summed E-state index contributed by atoms with van der Waals surface area (Å²) in [5.74, 6) is 0.221. The van der Waals surface area contributed by atoms with E-state index >= 15 is 0 Å². The number of H-pyrrole nitrogens is 1. The van der Waals surface area contributed by atoms with Gasteiger partial charge in [-0.05, 0) is 17.7 Å². The van der Waals surface area contributed by atoms with Crippen LogP contribution < -0.4 is 10.2 Å². The van der Waals surface area contributed by atoms with Crippen LogP contribution in [0.5, 0.6) is 5.75 Å². The van der Waals surface area contributed by atoms with E-state index in [-0.39, 0.29) is 23.3 Å². The Bertz CT molecular complexity index is 1030. The molecule has 0 aliphatic carbocycles. The number of ether oxygens (including phenoxy) is 1. The minimum absolute atomic E-state index is 0.176. The Morgan fingerprint density at radius 1 is 1.12 bits per heavy atom. The van der Waals surface area contributed by atoms with Gasteiger partial charge in [-0.3, -0.25) is 14.9 Å². The summed E-state index contributed by atoms with van der Waals surface area (Å²) in [6.45, 7) is 0.176. The summed E-state index contributed by atoms with van der Waals surface area (Å²) in [6, 6.07) is 12.9. The zero-order valence-electron chi connectivity index (χ0n) is 13.0. The third kappa shape index (κ3) is 3.37. The Balaban J connectivity index is 2.05. The van der Waals surface area contributed by atoms with E-state index in [0.717, 1.165) is 5.56 Å². The maximum atomic E-state index is 13.1. The summed E-state index contributed by atoms with van der Waals surface area (Å²) in [6.07, 6.45) is -5.07. The van der Waals surface area contributed by atoms with Crippen molar-refractivity contribution in [3.8, 4) is 5.75 Å². The van der Waals surface area contributed by atoms with Gasteiger partial charge in [-0.25, -0.2) is 0 Å². The molecular formula is C17H11F3N2O4. The van der Waals surface area contributed by atoms with E-state index in [1.165, 1.54) is 18.2 Å². The van der Waals surface area contributed by atoms with Crippen LogP contribution in [0.15, 0.2) is 53.3 Å². The van der Waals surface area contributed by atoms with Crippen molar-refractivity contribution in [3.05, 3.63) is 80.1 Å². The number of nitrogens with one attached hydrogen (secondary N) is 1. The van der Waals surface area contributed by atoms with Gasteiger partial charge in [0.25, 0.3) is 5.43 Å². The van der Waals surface area contributed by atoms with Gasteiger partial charge < -0.3 is 9.72 Å².